The molecule has 4 rings (SSSR count). The molecule has 0 saturated carbocycles. The number of carbonyl (C=O) groups is 4. The molecule has 0 aromatic heterocycles. The summed E-state index contributed by atoms with van der Waals surface area (Å²) in [5.41, 5.74) is 0.104. The van der Waals surface area contributed by atoms with Crippen molar-refractivity contribution in [3.63, 3.8) is 0 Å². The number of imide groups is 2. The van der Waals surface area contributed by atoms with Crippen LogP contribution in [0.15, 0.2) is 12.1 Å². The number of fused-ring (bicyclic) bond motifs is 1. The zero-order valence-electron chi connectivity index (χ0n) is 15.6. The molecule has 9 heteroatoms. The molecule has 0 aliphatic carbocycles. The normalized spacial score (nSPS) is 23.4. The second-order valence-electron chi connectivity index (χ2n) is 7.96. The zero-order chi connectivity index (χ0) is 20.2. The fourth-order valence-electron chi connectivity index (χ4n) is 3.97. The van der Waals surface area contributed by atoms with Gasteiger partial charge in [-0.3, -0.25) is 29.4 Å². The van der Waals surface area contributed by atoms with Crippen LogP contribution in [-0.4, -0.2) is 61.4 Å². The maximum absolute atomic E-state index is 14.7. The van der Waals surface area contributed by atoms with Crippen molar-refractivity contribution in [2.24, 2.45) is 5.41 Å². The van der Waals surface area contributed by atoms with Gasteiger partial charge in [0.25, 0.3) is 11.8 Å². The number of benzene rings is 1. The average molecular weight is 389 g/mol. The molecule has 8 nitrogen and oxygen atoms in total. The van der Waals surface area contributed by atoms with Crippen LogP contribution in [-0.2, 0) is 14.3 Å². The van der Waals surface area contributed by atoms with Crippen molar-refractivity contribution in [3.05, 3.63) is 29.1 Å². The number of nitrogens with zero attached hydrogens (tertiary/aromatic N) is 2. The summed E-state index contributed by atoms with van der Waals surface area (Å²) in [6, 6.07) is 1.34. The highest BCUT2D eigenvalue weighted by molar-refractivity contribution is 6.23. The van der Waals surface area contributed by atoms with Crippen molar-refractivity contribution in [2.45, 2.75) is 25.8 Å². The van der Waals surface area contributed by atoms with Crippen LogP contribution in [0, 0.1) is 11.2 Å². The topological polar surface area (TPSA) is 96.0 Å². The van der Waals surface area contributed by atoms with Crippen LogP contribution in [0.5, 0.6) is 0 Å². The predicted octanol–water partition coefficient (Wildman–Crippen LogP) is 0.700. The first kappa shape index (κ1) is 18.5. The standard InChI is InChI=1S/C19H20FN3O5/c1-19(8-28-9-19)7-22(2)14-6-11-10(5-12(14)20)17(26)23(18(11)27)13-3-4-15(24)21-16(13)25/h5-6,13H,3-4,7-9H2,1-2H3,(H,21,24,25). The first-order chi connectivity index (χ1) is 13.2. The van der Waals surface area contributed by atoms with Crippen molar-refractivity contribution in [2.75, 3.05) is 31.7 Å². The van der Waals surface area contributed by atoms with E-state index in [0.29, 0.717) is 19.8 Å². The highest BCUT2D eigenvalue weighted by Gasteiger charge is 2.45. The molecule has 3 aliphatic rings. The van der Waals surface area contributed by atoms with Crippen LogP contribution < -0.4 is 10.2 Å². The molecule has 148 valence electrons. The molecule has 4 amide bonds. The molecule has 3 aliphatic heterocycles. The van der Waals surface area contributed by atoms with Crippen LogP contribution in [0.4, 0.5) is 10.1 Å². The van der Waals surface area contributed by atoms with Crippen molar-refractivity contribution in [3.8, 4) is 0 Å². The Hall–Kier alpha value is -2.81. The smallest absolute Gasteiger partial charge is 0.262 e. The van der Waals surface area contributed by atoms with Gasteiger partial charge in [0.15, 0.2) is 0 Å². The van der Waals surface area contributed by atoms with E-state index in [1.165, 1.54) is 6.07 Å². The number of anilines is 1. The van der Waals surface area contributed by atoms with Gasteiger partial charge in [0.05, 0.1) is 30.0 Å². The van der Waals surface area contributed by atoms with Crippen molar-refractivity contribution in [1.82, 2.24) is 10.2 Å². The third-order valence-corrected chi connectivity index (χ3v) is 5.44. The van der Waals surface area contributed by atoms with Crippen molar-refractivity contribution in [1.29, 1.82) is 0 Å². The van der Waals surface area contributed by atoms with Crippen LogP contribution >= 0.6 is 0 Å². The van der Waals surface area contributed by atoms with Crippen molar-refractivity contribution >= 4 is 29.3 Å². The molecule has 1 aromatic carbocycles. The largest absolute Gasteiger partial charge is 0.380 e. The average Bonchev–Trinajstić information content (AvgIpc) is 2.83. The summed E-state index contributed by atoms with van der Waals surface area (Å²) in [6.45, 7) is 3.70. The van der Waals surface area contributed by atoms with Crippen LogP contribution in [0.2, 0.25) is 0 Å². The van der Waals surface area contributed by atoms with E-state index < -0.39 is 35.5 Å². The van der Waals surface area contributed by atoms with E-state index in [9.17, 15) is 23.6 Å². The van der Waals surface area contributed by atoms with E-state index >= 15 is 0 Å². The van der Waals surface area contributed by atoms with Gasteiger partial charge in [0, 0.05) is 25.4 Å². The van der Waals surface area contributed by atoms with E-state index in [1.807, 2.05) is 6.92 Å². The van der Waals surface area contributed by atoms with E-state index in [-0.39, 0.29) is 35.1 Å². The lowest BCUT2D eigenvalue weighted by atomic mass is 9.88. The Morgan fingerprint density at radius 1 is 1.21 bits per heavy atom. The molecular formula is C19H20FN3O5. The van der Waals surface area contributed by atoms with Gasteiger partial charge in [-0.05, 0) is 18.6 Å². The molecule has 2 saturated heterocycles. The Balaban J connectivity index is 1.63. The molecule has 1 aromatic rings. The van der Waals surface area contributed by atoms with Gasteiger partial charge in [0.1, 0.15) is 11.9 Å². The van der Waals surface area contributed by atoms with Crippen molar-refractivity contribution < 1.29 is 28.3 Å². The molecule has 0 bridgehead atoms. The molecule has 3 heterocycles. The summed E-state index contributed by atoms with van der Waals surface area (Å²) < 4.78 is 19.9. The zero-order valence-corrected chi connectivity index (χ0v) is 15.6. The number of halogens is 1. The third kappa shape index (κ3) is 2.86. The molecule has 2 fully saturated rings. The van der Waals surface area contributed by atoms with Gasteiger partial charge in [-0.15, -0.1) is 0 Å². The number of nitrogens with one attached hydrogen (secondary N) is 1. The van der Waals surface area contributed by atoms with E-state index in [4.69, 9.17) is 4.74 Å². The first-order valence-electron chi connectivity index (χ1n) is 9.04. The number of ether oxygens (including phenoxy) is 1. The number of piperidine rings is 1. The Morgan fingerprint density at radius 2 is 1.86 bits per heavy atom. The van der Waals surface area contributed by atoms with Gasteiger partial charge < -0.3 is 9.64 Å². The highest BCUT2D eigenvalue weighted by atomic mass is 19.1. The summed E-state index contributed by atoms with van der Waals surface area (Å²) in [5.74, 6) is -3.12. The Bertz CT molecular complexity index is 911. The lowest BCUT2D eigenvalue weighted by Gasteiger charge is -2.41. The molecule has 0 spiro atoms. The predicted molar refractivity (Wildman–Crippen MR) is 95.3 cm³/mol. The minimum atomic E-state index is -1.07. The minimum absolute atomic E-state index is 0.0345. The maximum Gasteiger partial charge on any atom is 0.262 e. The molecule has 0 radical (unpaired) electrons. The maximum atomic E-state index is 14.7. The molecular weight excluding hydrogens is 369 g/mol. The molecule has 1 unspecified atom stereocenters. The number of hydrogen-bond donors (Lipinski definition) is 1. The molecule has 28 heavy (non-hydrogen) atoms. The number of rotatable bonds is 4. The summed E-state index contributed by atoms with van der Waals surface area (Å²) in [4.78, 5) is 51.5. The third-order valence-electron chi connectivity index (χ3n) is 5.44. The number of carbonyl (C=O) groups excluding carboxylic acids is 4. The second kappa shape index (κ2) is 6.37. The van der Waals surface area contributed by atoms with Gasteiger partial charge in [0.2, 0.25) is 11.8 Å². The first-order valence-corrected chi connectivity index (χ1v) is 9.04. The summed E-state index contributed by atoms with van der Waals surface area (Å²) >= 11 is 0. The van der Waals surface area contributed by atoms with E-state index in [2.05, 4.69) is 5.32 Å². The van der Waals surface area contributed by atoms with Crippen LogP contribution in [0.3, 0.4) is 0 Å². The number of amides is 4. The highest BCUT2D eigenvalue weighted by Crippen LogP contribution is 2.34. The fraction of sp³-hybridized carbons (Fsp3) is 0.474. The van der Waals surface area contributed by atoms with Gasteiger partial charge in [-0.25, -0.2) is 4.39 Å². The van der Waals surface area contributed by atoms with Gasteiger partial charge in [-0.2, -0.15) is 0 Å². The van der Waals surface area contributed by atoms with E-state index in [0.717, 1.165) is 11.0 Å². The summed E-state index contributed by atoms with van der Waals surface area (Å²) in [6.07, 6.45) is 0.0938. The van der Waals surface area contributed by atoms with E-state index in [1.54, 1.807) is 11.9 Å². The Labute approximate surface area is 160 Å². The van der Waals surface area contributed by atoms with Gasteiger partial charge >= 0.3 is 0 Å². The molecule has 1 atom stereocenters. The number of hydrogen-bond acceptors (Lipinski definition) is 6. The monoisotopic (exact) mass is 389 g/mol. The lowest BCUT2D eigenvalue weighted by molar-refractivity contribution is -0.136. The quantitative estimate of drug-likeness (QED) is 0.762. The summed E-state index contributed by atoms with van der Waals surface area (Å²) in [7, 11) is 1.72. The van der Waals surface area contributed by atoms with Crippen LogP contribution in [0.1, 0.15) is 40.5 Å². The molecule has 1 N–H and O–H groups in total. The SMILES string of the molecule is CN(CC1(C)COC1)c1cc2c(cc1F)C(=O)N(C1CCC(=O)NC1=O)C2=O. The second-order valence-corrected chi connectivity index (χ2v) is 7.96. The van der Waals surface area contributed by atoms with Gasteiger partial charge in [-0.1, -0.05) is 6.92 Å². The van der Waals surface area contributed by atoms with Crippen LogP contribution in [0.25, 0.3) is 0 Å². The summed E-state index contributed by atoms with van der Waals surface area (Å²) in [5, 5.41) is 2.14. The Kier molecular flexibility index (Phi) is 4.22. The fourth-order valence-corrected chi connectivity index (χ4v) is 3.97. The minimum Gasteiger partial charge on any atom is -0.380 e. The Morgan fingerprint density at radius 3 is 2.43 bits per heavy atom. The lowest BCUT2D eigenvalue weighted by Crippen LogP contribution is -2.54.